The van der Waals surface area contributed by atoms with Crippen molar-refractivity contribution >= 4 is 75.9 Å². The largest absolute Gasteiger partial charge is 0.292 e. The highest BCUT2D eigenvalue weighted by atomic mass is 15.1. The Morgan fingerprint density at radius 1 is 0.395 bits per heavy atom. The van der Waals surface area contributed by atoms with Crippen molar-refractivity contribution in [2.45, 2.75) is 0 Å². The third-order valence-corrected chi connectivity index (χ3v) is 9.11. The first-order valence-electron chi connectivity index (χ1n) is 14.7. The van der Waals surface area contributed by atoms with Gasteiger partial charge >= 0.3 is 0 Å². The standard InChI is InChI=1S/C40H23N3/c1-2-12-26(13-3-1)38-40(41-32-23-21-25-11-5-7-15-28(25)39(32)42-38)43-33-18-8-16-29-30-22-20-24-10-4-6-14-27(24)35(30)31-17-9-19-34(43)37(31)36(29)33/h1-23H. The van der Waals surface area contributed by atoms with Gasteiger partial charge in [-0.25, -0.2) is 9.97 Å². The van der Waals surface area contributed by atoms with Crippen molar-refractivity contribution in [1.29, 1.82) is 0 Å². The number of hydrogen-bond donors (Lipinski definition) is 0. The first-order chi connectivity index (χ1) is 21.3. The minimum absolute atomic E-state index is 0.846. The smallest absolute Gasteiger partial charge is 0.165 e. The zero-order chi connectivity index (χ0) is 28.1. The molecule has 0 radical (unpaired) electrons. The molecule has 0 spiro atoms. The predicted octanol–water partition coefficient (Wildman–Crippen LogP) is 10.4. The van der Waals surface area contributed by atoms with Crippen LogP contribution in [-0.2, 0) is 0 Å². The molecule has 0 saturated heterocycles. The van der Waals surface area contributed by atoms with E-state index in [-0.39, 0.29) is 0 Å². The van der Waals surface area contributed by atoms with Crippen LogP contribution in [0.4, 0.5) is 0 Å². The second-order valence-electron chi connectivity index (χ2n) is 11.4. The Bertz CT molecular complexity index is 2720. The fourth-order valence-corrected chi connectivity index (χ4v) is 7.28. The van der Waals surface area contributed by atoms with Crippen LogP contribution in [0.1, 0.15) is 0 Å². The van der Waals surface area contributed by atoms with E-state index in [9.17, 15) is 0 Å². The molecule has 3 nitrogen and oxygen atoms in total. The van der Waals surface area contributed by atoms with E-state index in [2.05, 4.69) is 144 Å². The molecule has 0 aliphatic heterocycles. The van der Waals surface area contributed by atoms with Gasteiger partial charge in [-0.05, 0) is 55.9 Å². The molecule has 0 aliphatic rings. The molecule has 0 amide bonds. The van der Waals surface area contributed by atoms with Crippen molar-refractivity contribution in [1.82, 2.24) is 14.5 Å². The Balaban J connectivity index is 1.42. The van der Waals surface area contributed by atoms with Crippen molar-refractivity contribution < 1.29 is 0 Å². The molecule has 0 atom stereocenters. The number of benzene rings is 8. The van der Waals surface area contributed by atoms with Crippen molar-refractivity contribution in [3.05, 3.63) is 140 Å². The summed E-state index contributed by atoms with van der Waals surface area (Å²) >= 11 is 0. The number of rotatable bonds is 2. The van der Waals surface area contributed by atoms with Gasteiger partial charge in [-0.3, -0.25) is 4.57 Å². The molecular weight excluding hydrogens is 522 g/mol. The van der Waals surface area contributed by atoms with E-state index in [0.717, 1.165) is 49.9 Å². The van der Waals surface area contributed by atoms with Gasteiger partial charge < -0.3 is 0 Å². The molecule has 0 bridgehead atoms. The van der Waals surface area contributed by atoms with Crippen molar-refractivity contribution in [2.24, 2.45) is 0 Å². The highest BCUT2D eigenvalue weighted by Crippen LogP contribution is 2.46. The Labute approximate surface area is 246 Å². The normalized spacial score (nSPS) is 12.2. The summed E-state index contributed by atoms with van der Waals surface area (Å²) in [4.78, 5) is 10.8. The Morgan fingerprint density at radius 2 is 1.00 bits per heavy atom. The average Bonchev–Trinajstić information content (AvgIpc) is 3.42. The van der Waals surface area contributed by atoms with Gasteiger partial charge in [0.05, 0.1) is 22.1 Å². The van der Waals surface area contributed by atoms with Crippen LogP contribution < -0.4 is 0 Å². The van der Waals surface area contributed by atoms with Crippen molar-refractivity contribution in [2.75, 3.05) is 0 Å². The molecule has 0 saturated carbocycles. The summed E-state index contributed by atoms with van der Waals surface area (Å²) in [5, 5.41) is 12.5. The van der Waals surface area contributed by atoms with E-state index in [1.807, 2.05) is 0 Å². The highest BCUT2D eigenvalue weighted by Gasteiger charge is 2.23. The number of nitrogens with zero attached hydrogens (tertiary/aromatic N) is 3. The number of fused-ring (bicyclic) bond motifs is 8. The molecule has 10 rings (SSSR count). The lowest BCUT2D eigenvalue weighted by atomic mass is 9.91. The SMILES string of the molecule is c1ccc(-c2nc3c(ccc4ccccc43)nc2-n2c3cccc4c5ccc6ccccc6c5c5cccc2c5c43)cc1. The Hall–Kier alpha value is -5.80. The van der Waals surface area contributed by atoms with Crippen LogP contribution in [0.5, 0.6) is 0 Å². The maximum absolute atomic E-state index is 5.42. The molecule has 3 heteroatoms. The third-order valence-electron chi connectivity index (χ3n) is 9.11. The van der Waals surface area contributed by atoms with Gasteiger partial charge in [-0.15, -0.1) is 0 Å². The van der Waals surface area contributed by atoms with Crippen LogP contribution in [0.2, 0.25) is 0 Å². The minimum Gasteiger partial charge on any atom is -0.292 e. The topological polar surface area (TPSA) is 30.7 Å². The lowest BCUT2D eigenvalue weighted by molar-refractivity contribution is 1.08. The number of aromatic nitrogens is 3. The Kier molecular flexibility index (Phi) is 4.45. The lowest BCUT2D eigenvalue weighted by Gasteiger charge is -2.14. The zero-order valence-corrected chi connectivity index (χ0v) is 23.1. The van der Waals surface area contributed by atoms with Crippen LogP contribution in [0.15, 0.2) is 140 Å². The van der Waals surface area contributed by atoms with Crippen molar-refractivity contribution in [3.8, 4) is 17.1 Å². The van der Waals surface area contributed by atoms with Gasteiger partial charge in [0.25, 0.3) is 0 Å². The van der Waals surface area contributed by atoms with Crippen LogP contribution in [0, 0.1) is 0 Å². The minimum atomic E-state index is 0.846. The zero-order valence-electron chi connectivity index (χ0n) is 23.1. The van der Waals surface area contributed by atoms with E-state index in [1.165, 1.54) is 43.1 Å². The summed E-state index contributed by atoms with van der Waals surface area (Å²) in [5.74, 6) is 0.846. The molecular formula is C40H23N3. The highest BCUT2D eigenvalue weighted by molar-refractivity contribution is 6.38. The van der Waals surface area contributed by atoms with Crippen LogP contribution >= 0.6 is 0 Å². The summed E-state index contributed by atoms with van der Waals surface area (Å²) in [6.07, 6.45) is 0. The fourth-order valence-electron chi connectivity index (χ4n) is 7.28. The van der Waals surface area contributed by atoms with Gasteiger partial charge in [0.1, 0.15) is 5.69 Å². The average molecular weight is 546 g/mol. The quantitative estimate of drug-likeness (QED) is 0.202. The van der Waals surface area contributed by atoms with Crippen LogP contribution in [0.3, 0.4) is 0 Å². The summed E-state index contributed by atoms with van der Waals surface area (Å²) in [6.45, 7) is 0. The molecule has 0 N–H and O–H groups in total. The van der Waals surface area contributed by atoms with Crippen molar-refractivity contribution in [3.63, 3.8) is 0 Å². The maximum atomic E-state index is 5.42. The van der Waals surface area contributed by atoms with Gasteiger partial charge in [0, 0.05) is 21.7 Å². The molecule has 43 heavy (non-hydrogen) atoms. The molecule has 2 aromatic heterocycles. The predicted molar refractivity (Wildman–Crippen MR) is 181 cm³/mol. The second kappa shape index (κ2) is 8.37. The summed E-state index contributed by atoms with van der Waals surface area (Å²) in [6, 6.07) is 49.8. The molecule has 10 aromatic rings. The van der Waals surface area contributed by atoms with E-state index < -0.39 is 0 Å². The van der Waals surface area contributed by atoms with Gasteiger partial charge in [0.15, 0.2) is 5.82 Å². The lowest BCUT2D eigenvalue weighted by Crippen LogP contribution is -2.04. The summed E-state index contributed by atoms with van der Waals surface area (Å²) in [5.41, 5.74) is 6.02. The fraction of sp³-hybridized carbons (Fsp3) is 0. The Morgan fingerprint density at radius 3 is 1.81 bits per heavy atom. The van der Waals surface area contributed by atoms with Crippen LogP contribution in [-0.4, -0.2) is 14.5 Å². The van der Waals surface area contributed by atoms with E-state index in [0.29, 0.717) is 0 Å². The molecule has 8 aromatic carbocycles. The number of hydrogen-bond acceptors (Lipinski definition) is 2. The second-order valence-corrected chi connectivity index (χ2v) is 11.4. The van der Waals surface area contributed by atoms with Crippen LogP contribution in [0.25, 0.3) is 93.0 Å². The molecule has 0 aliphatic carbocycles. The summed E-state index contributed by atoms with van der Waals surface area (Å²) in [7, 11) is 0. The first kappa shape index (κ1) is 22.8. The van der Waals surface area contributed by atoms with E-state index in [1.54, 1.807) is 0 Å². The van der Waals surface area contributed by atoms with E-state index >= 15 is 0 Å². The summed E-state index contributed by atoms with van der Waals surface area (Å²) < 4.78 is 2.34. The van der Waals surface area contributed by atoms with Gasteiger partial charge in [0.2, 0.25) is 0 Å². The maximum Gasteiger partial charge on any atom is 0.165 e. The molecule has 198 valence electrons. The molecule has 0 fully saturated rings. The monoisotopic (exact) mass is 545 g/mol. The molecule has 0 unspecified atom stereocenters. The van der Waals surface area contributed by atoms with Gasteiger partial charge in [-0.1, -0.05) is 121 Å². The third kappa shape index (κ3) is 3.03. The van der Waals surface area contributed by atoms with E-state index in [4.69, 9.17) is 9.97 Å². The molecule has 2 heterocycles. The first-order valence-corrected chi connectivity index (χ1v) is 14.7. The van der Waals surface area contributed by atoms with Gasteiger partial charge in [-0.2, -0.15) is 0 Å².